The molecule has 0 bridgehead atoms. The third-order valence-corrected chi connectivity index (χ3v) is 2.63. The van der Waals surface area contributed by atoms with Crippen molar-refractivity contribution in [1.82, 2.24) is 20.8 Å². The molecule has 0 aliphatic heterocycles. The predicted octanol–water partition coefficient (Wildman–Crippen LogP) is 1.31. The summed E-state index contributed by atoms with van der Waals surface area (Å²) in [6.45, 7) is 0. The molecule has 2 aromatic heterocycles. The second-order valence-corrected chi connectivity index (χ2v) is 4.45. The average Bonchev–Trinajstić information content (AvgIpc) is 2.45. The van der Waals surface area contributed by atoms with Gasteiger partial charge in [0, 0.05) is 34.8 Å². The van der Waals surface area contributed by atoms with Crippen molar-refractivity contribution in [1.29, 1.82) is 0 Å². The van der Waals surface area contributed by atoms with Crippen LogP contribution in [0.5, 0.6) is 0 Å². The fraction of sp³-hybridized carbons (Fsp3) is 0. The fourth-order valence-electron chi connectivity index (χ4n) is 1.30. The molecule has 7 heteroatoms. The lowest BCUT2D eigenvalue weighted by molar-refractivity contribution is 0.0846. The number of aromatic nitrogens is 2. The third kappa shape index (κ3) is 3.59. The van der Waals surface area contributed by atoms with Gasteiger partial charge in [-0.05, 0) is 34.1 Å². The van der Waals surface area contributed by atoms with E-state index in [0.29, 0.717) is 15.6 Å². The molecule has 0 unspecified atom stereocenters. The summed E-state index contributed by atoms with van der Waals surface area (Å²) >= 11 is 3.21. The minimum absolute atomic E-state index is 0.337. The van der Waals surface area contributed by atoms with Gasteiger partial charge in [0.25, 0.3) is 11.8 Å². The van der Waals surface area contributed by atoms with Crippen LogP contribution >= 0.6 is 15.9 Å². The highest BCUT2D eigenvalue weighted by Crippen LogP contribution is 2.09. The molecule has 0 atom stereocenters. The number of halogens is 1. The minimum atomic E-state index is -0.448. The van der Waals surface area contributed by atoms with E-state index in [2.05, 4.69) is 36.7 Å². The van der Waals surface area contributed by atoms with Crippen LogP contribution in [-0.2, 0) is 0 Å². The van der Waals surface area contributed by atoms with Crippen molar-refractivity contribution in [2.75, 3.05) is 0 Å². The maximum Gasteiger partial charge on any atom is 0.271 e. The van der Waals surface area contributed by atoms with Crippen LogP contribution in [0.1, 0.15) is 20.7 Å². The number of rotatable bonds is 2. The van der Waals surface area contributed by atoms with Crippen LogP contribution < -0.4 is 10.9 Å². The van der Waals surface area contributed by atoms with Crippen molar-refractivity contribution in [2.24, 2.45) is 0 Å². The molecule has 6 nitrogen and oxygen atoms in total. The summed E-state index contributed by atoms with van der Waals surface area (Å²) in [6.07, 6.45) is 5.95. The predicted molar refractivity (Wildman–Crippen MR) is 71.1 cm³/mol. The van der Waals surface area contributed by atoms with Crippen LogP contribution in [0.3, 0.4) is 0 Å². The number of carbonyl (C=O) groups is 2. The molecule has 0 saturated heterocycles. The number of hydrogen-bond donors (Lipinski definition) is 2. The number of hydrogen-bond acceptors (Lipinski definition) is 4. The molecular weight excluding hydrogens is 312 g/mol. The summed E-state index contributed by atoms with van der Waals surface area (Å²) in [7, 11) is 0. The molecule has 96 valence electrons. The van der Waals surface area contributed by atoms with Gasteiger partial charge < -0.3 is 0 Å². The molecule has 0 spiro atoms. The quantitative estimate of drug-likeness (QED) is 0.817. The van der Waals surface area contributed by atoms with Gasteiger partial charge in [0.2, 0.25) is 0 Å². The molecule has 0 aromatic carbocycles. The number of hydrazine groups is 1. The van der Waals surface area contributed by atoms with Gasteiger partial charge in [-0.25, -0.2) is 0 Å². The zero-order valence-corrected chi connectivity index (χ0v) is 11.2. The first kappa shape index (κ1) is 13.2. The molecule has 2 heterocycles. The monoisotopic (exact) mass is 320 g/mol. The van der Waals surface area contributed by atoms with E-state index in [4.69, 9.17) is 0 Å². The highest BCUT2D eigenvalue weighted by Gasteiger charge is 2.09. The molecule has 19 heavy (non-hydrogen) atoms. The molecule has 2 aromatic rings. The van der Waals surface area contributed by atoms with Gasteiger partial charge in [-0.1, -0.05) is 0 Å². The maximum atomic E-state index is 11.7. The van der Waals surface area contributed by atoms with Crippen LogP contribution in [0.4, 0.5) is 0 Å². The topological polar surface area (TPSA) is 84.0 Å². The van der Waals surface area contributed by atoms with Gasteiger partial charge >= 0.3 is 0 Å². The first-order valence-corrected chi connectivity index (χ1v) is 6.07. The fourth-order valence-corrected chi connectivity index (χ4v) is 1.66. The first-order chi connectivity index (χ1) is 9.16. The molecule has 0 fully saturated rings. The first-order valence-electron chi connectivity index (χ1n) is 5.28. The number of nitrogens with zero attached hydrogens (tertiary/aromatic N) is 2. The summed E-state index contributed by atoms with van der Waals surface area (Å²) < 4.78 is 0.681. The molecule has 2 N–H and O–H groups in total. The second-order valence-electron chi connectivity index (χ2n) is 3.54. The molecule has 0 aliphatic carbocycles. The lowest BCUT2D eigenvalue weighted by Crippen LogP contribution is -2.41. The van der Waals surface area contributed by atoms with E-state index in [1.807, 2.05) is 0 Å². The molecular formula is C12H9BrN4O2. The zero-order chi connectivity index (χ0) is 13.7. The normalized spacial score (nSPS) is 9.74. The molecule has 2 amide bonds. The summed E-state index contributed by atoms with van der Waals surface area (Å²) in [4.78, 5) is 31.1. The molecule has 0 saturated carbocycles. The van der Waals surface area contributed by atoms with Crippen molar-refractivity contribution < 1.29 is 9.59 Å². The van der Waals surface area contributed by atoms with E-state index in [0.717, 1.165) is 0 Å². The Hall–Kier alpha value is -2.28. The largest absolute Gasteiger partial charge is 0.271 e. The van der Waals surface area contributed by atoms with Crippen molar-refractivity contribution in [3.63, 3.8) is 0 Å². The van der Waals surface area contributed by atoms with Gasteiger partial charge in [0.05, 0.1) is 5.56 Å². The van der Waals surface area contributed by atoms with Crippen molar-refractivity contribution >= 4 is 27.7 Å². The summed E-state index contributed by atoms with van der Waals surface area (Å²) in [5.41, 5.74) is 5.35. The summed E-state index contributed by atoms with van der Waals surface area (Å²) in [5.74, 6) is -0.866. The molecule has 2 rings (SSSR count). The Morgan fingerprint density at radius 3 is 2.21 bits per heavy atom. The zero-order valence-electron chi connectivity index (χ0n) is 9.63. The van der Waals surface area contributed by atoms with Crippen LogP contribution in [0.15, 0.2) is 47.5 Å². The maximum absolute atomic E-state index is 11.7. The Bertz CT molecular complexity index is 604. The number of nitrogens with one attached hydrogen (secondary N) is 2. The van der Waals surface area contributed by atoms with E-state index < -0.39 is 11.8 Å². The van der Waals surface area contributed by atoms with Crippen LogP contribution in [0.25, 0.3) is 0 Å². The number of carbonyl (C=O) groups excluding carboxylic acids is 2. The Morgan fingerprint density at radius 2 is 1.58 bits per heavy atom. The Labute approximate surface area is 117 Å². The lowest BCUT2D eigenvalue weighted by Gasteiger charge is -2.07. The number of pyridine rings is 2. The average molecular weight is 321 g/mol. The van der Waals surface area contributed by atoms with E-state index in [9.17, 15) is 9.59 Å². The smallest absolute Gasteiger partial charge is 0.267 e. The Morgan fingerprint density at radius 1 is 0.947 bits per heavy atom. The van der Waals surface area contributed by atoms with Gasteiger partial charge in [-0.15, -0.1) is 0 Å². The van der Waals surface area contributed by atoms with Gasteiger partial charge in [-0.2, -0.15) is 0 Å². The van der Waals surface area contributed by atoms with Gasteiger partial charge in [-0.3, -0.25) is 30.4 Å². The molecule has 0 radical (unpaired) electrons. The van der Waals surface area contributed by atoms with Crippen molar-refractivity contribution in [3.8, 4) is 0 Å². The summed E-state index contributed by atoms with van der Waals surface area (Å²) in [6, 6.07) is 4.69. The highest BCUT2D eigenvalue weighted by molar-refractivity contribution is 9.10. The van der Waals surface area contributed by atoms with E-state index in [1.54, 1.807) is 24.4 Å². The summed E-state index contributed by atoms with van der Waals surface area (Å²) in [5, 5.41) is 0. The highest BCUT2D eigenvalue weighted by atomic mass is 79.9. The van der Waals surface area contributed by atoms with Crippen molar-refractivity contribution in [2.45, 2.75) is 0 Å². The number of amides is 2. The Balaban J connectivity index is 1.96. The van der Waals surface area contributed by atoms with Gasteiger partial charge in [0.1, 0.15) is 0 Å². The Kier molecular flexibility index (Phi) is 4.19. The van der Waals surface area contributed by atoms with E-state index in [1.165, 1.54) is 18.6 Å². The minimum Gasteiger partial charge on any atom is -0.267 e. The van der Waals surface area contributed by atoms with E-state index >= 15 is 0 Å². The second kappa shape index (κ2) is 6.05. The van der Waals surface area contributed by atoms with Crippen LogP contribution in [-0.4, -0.2) is 21.8 Å². The van der Waals surface area contributed by atoms with Crippen LogP contribution in [0, 0.1) is 0 Å². The van der Waals surface area contributed by atoms with Crippen molar-refractivity contribution in [3.05, 3.63) is 58.6 Å². The third-order valence-electron chi connectivity index (χ3n) is 2.20. The van der Waals surface area contributed by atoms with Crippen LogP contribution in [0.2, 0.25) is 0 Å². The van der Waals surface area contributed by atoms with Gasteiger partial charge in [0.15, 0.2) is 0 Å². The lowest BCUT2D eigenvalue weighted by atomic mass is 10.2. The standard InChI is InChI=1S/C12H9BrN4O2/c13-10-5-9(6-15-7-10)12(19)17-16-11(18)8-1-3-14-4-2-8/h1-7H,(H,16,18)(H,17,19). The van der Waals surface area contributed by atoms with E-state index in [-0.39, 0.29) is 0 Å². The molecule has 0 aliphatic rings. The SMILES string of the molecule is O=C(NNC(=O)c1cncc(Br)c1)c1ccncc1.